The molecular formula is C22H19ClN4O2. The van der Waals surface area contributed by atoms with Crippen LogP contribution in [0.5, 0.6) is 5.75 Å². The molecule has 0 saturated carbocycles. The predicted molar refractivity (Wildman–Crippen MR) is 110 cm³/mol. The molecule has 2 aliphatic rings. The molecule has 6 nitrogen and oxygen atoms in total. The van der Waals surface area contributed by atoms with Crippen LogP contribution >= 0.6 is 11.6 Å². The van der Waals surface area contributed by atoms with Crippen molar-refractivity contribution in [3.63, 3.8) is 0 Å². The Morgan fingerprint density at radius 3 is 2.52 bits per heavy atom. The Hall–Kier alpha value is -3.12. The molecule has 1 aliphatic carbocycles. The number of hydrogen-bond acceptors (Lipinski definition) is 5. The van der Waals surface area contributed by atoms with E-state index in [1.54, 1.807) is 11.8 Å². The average molecular weight is 407 g/mol. The second-order valence-electron chi connectivity index (χ2n) is 7.30. The van der Waals surface area contributed by atoms with Crippen LogP contribution in [-0.4, -0.2) is 27.7 Å². The molecule has 0 spiro atoms. The molecule has 1 aliphatic heterocycles. The summed E-state index contributed by atoms with van der Waals surface area (Å²) < 4.78 is 7.05. The van der Waals surface area contributed by atoms with Gasteiger partial charge in [0.25, 0.3) is 0 Å². The lowest BCUT2D eigenvalue weighted by atomic mass is 9.78. The van der Waals surface area contributed by atoms with E-state index >= 15 is 0 Å². The molecule has 2 atom stereocenters. The average Bonchev–Trinajstić information content (AvgIpc) is 3.21. The summed E-state index contributed by atoms with van der Waals surface area (Å²) in [6, 6.07) is 15.2. The van der Waals surface area contributed by atoms with Gasteiger partial charge in [-0.15, -0.1) is 0 Å². The van der Waals surface area contributed by atoms with Crippen molar-refractivity contribution in [1.82, 2.24) is 14.8 Å². The van der Waals surface area contributed by atoms with Crippen LogP contribution in [0.25, 0.3) is 0 Å². The second-order valence-corrected chi connectivity index (χ2v) is 7.74. The zero-order valence-corrected chi connectivity index (χ0v) is 16.6. The smallest absolute Gasteiger partial charge is 0.226 e. The highest BCUT2D eigenvalue weighted by atomic mass is 35.5. The summed E-state index contributed by atoms with van der Waals surface area (Å²) in [5, 5.41) is 8.41. The molecule has 0 bridgehead atoms. The fraction of sp³-hybridized carbons (Fsp3) is 0.227. The zero-order chi connectivity index (χ0) is 20.0. The highest BCUT2D eigenvalue weighted by molar-refractivity contribution is 6.30. The van der Waals surface area contributed by atoms with Gasteiger partial charge in [0.05, 0.1) is 7.11 Å². The predicted octanol–water partition coefficient (Wildman–Crippen LogP) is 4.36. The van der Waals surface area contributed by atoms with Crippen LogP contribution in [0.15, 0.2) is 66.1 Å². The van der Waals surface area contributed by atoms with Crippen LogP contribution in [0.3, 0.4) is 0 Å². The Labute approximate surface area is 173 Å². The quantitative estimate of drug-likeness (QED) is 0.700. The standard InChI is InChI=1S/C22H19ClN4O2/c1-29-17-8-4-14(5-9-17)21-20-18(26-22-24-12-25-27(21)22)10-15(11-19(20)28)13-2-6-16(23)7-3-13/h2-9,12,15,21H,10-11H2,1H3,(H,24,25,26)/t15-,21-/m0/s1. The number of benzene rings is 2. The number of ketones is 1. The summed E-state index contributed by atoms with van der Waals surface area (Å²) in [6.45, 7) is 0. The molecule has 2 heterocycles. The Balaban J connectivity index is 1.56. The van der Waals surface area contributed by atoms with E-state index in [1.165, 1.54) is 6.33 Å². The molecule has 1 N–H and O–H groups in total. The summed E-state index contributed by atoms with van der Waals surface area (Å²) in [6.07, 6.45) is 2.71. The van der Waals surface area contributed by atoms with E-state index in [1.807, 2.05) is 48.5 Å². The third kappa shape index (κ3) is 3.09. The van der Waals surface area contributed by atoms with E-state index in [0.717, 1.165) is 34.6 Å². The lowest BCUT2D eigenvalue weighted by Crippen LogP contribution is -2.33. The van der Waals surface area contributed by atoms with Crippen LogP contribution in [-0.2, 0) is 4.79 Å². The first-order valence-corrected chi connectivity index (χ1v) is 9.84. The summed E-state index contributed by atoms with van der Waals surface area (Å²) in [5.41, 5.74) is 3.77. The number of nitrogens with one attached hydrogen (secondary N) is 1. The number of aromatic nitrogens is 3. The van der Waals surface area contributed by atoms with E-state index in [-0.39, 0.29) is 17.7 Å². The minimum absolute atomic E-state index is 0.108. The summed E-state index contributed by atoms with van der Waals surface area (Å²) in [7, 11) is 1.64. The minimum atomic E-state index is -0.298. The topological polar surface area (TPSA) is 69.0 Å². The van der Waals surface area contributed by atoms with Crippen molar-refractivity contribution in [2.45, 2.75) is 24.8 Å². The van der Waals surface area contributed by atoms with Gasteiger partial charge in [-0.1, -0.05) is 35.9 Å². The number of allylic oxidation sites excluding steroid dienone is 2. The molecule has 0 amide bonds. The molecule has 29 heavy (non-hydrogen) atoms. The lowest BCUT2D eigenvalue weighted by Gasteiger charge is -2.35. The Morgan fingerprint density at radius 2 is 1.79 bits per heavy atom. The van der Waals surface area contributed by atoms with Gasteiger partial charge < -0.3 is 10.1 Å². The van der Waals surface area contributed by atoms with Crippen LogP contribution < -0.4 is 10.1 Å². The van der Waals surface area contributed by atoms with E-state index in [0.29, 0.717) is 17.4 Å². The van der Waals surface area contributed by atoms with Crippen molar-refractivity contribution in [2.75, 3.05) is 12.4 Å². The number of carbonyl (C=O) groups excluding carboxylic acids is 1. The molecule has 0 radical (unpaired) electrons. The Morgan fingerprint density at radius 1 is 1.07 bits per heavy atom. The van der Waals surface area contributed by atoms with Gasteiger partial charge in [0.1, 0.15) is 18.1 Å². The van der Waals surface area contributed by atoms with Crippen molar-refractivity contribution < 1.29 is 9.53 Å². The first kappa shape index (κ1) is 17.9. The SMILES string of the molecule is COc1ccc([C@H]2C3=C(C[C@H](c4ccc(Cl)cc4)CC3=O)Nc3ncnn32)cc1. The van der Waals surface area contributed by atoms with Gasteiger partial charge in [-0.25, -0.2) is 4.68 Å². The summed E-state index contributed by atoms with van der Waals surface area (Å²) in [5.74, 6) is 1.65. The maximum absolute atomic E-state index is 13.3. The fourth-order valence-electron chi connectivity index (χ4n) is 4.22. The summed E-state index contributed by atoms with van der Waals surface area (Å²) in [4.78, 5) is 17.7. The number of rotatable bonds is 3. The van der Waals surface area contributed by atoms with Crippen molar-refractivity contribution >= 4 is 23.3 Å². The van der Waals surface area contributed by atoms with E-state index in [4.69, 9.17) is 16.3 Å². The van der Waals surface area contributed by atoms with Crippen molar-refractivity contribution in [3.05, 3.63) is 82.3 Å². The molecule has 0 fully saturated rings. The molecule has 1 aromatic heterocycles. The Bertz CT molecular complexity index is 1100. The third-order valence-electron chi connectivity index (χ3n) is 5.63. The first-order valence-electron chi connectivity index (χ1n) is 9.46. The molecule has 2 aromatic carbocycles. The maximum Gasteiger partial charge on any atom is 0.226 e. The number of carbonyl (C=O) groups is 1. The number of fused-ring (bicyclic) bond motifs is 1. The van der Waals surface area contributed by atoms with Gasteiger partial charge in [0, 0.05) is 22.7 Å². The number of ether oxygens (including phenoxy) is 1. The van der Waals surface area contributed by atoms with Gasteiger partial charge in [0.15, 0.2) is 5.78 Å². The number of hydrogen-bond donors (Lipinski definition) is 1. The largest absolute Gasteiger partial charge is 0.497 e. The minimum Gasteiger partial charge on any atom is -0.497 e. The van der Waals surface area contributed by atoms with Crippen molar-refractivity contribution in [3.8, 4) is 5.75 Å². The van der Waals surface area contributed by atoms with Crippen LogP contribution in [0.1, 0.15) is 35.9 Å². The number of Topliss-reactive ketones (excluding diaryl/α,β-unsaturated/α-hetero) is 1. The third-order valence-corrected chi connectivity index (χ3v) is 5.89. The van der Waals surface area contributed by atoms with Gasteiger partial charge in [-0.05, 0) is 47.7 Å². The highest BCUT2D eigenvalue weighted by Gasteiger charge is 2.39. The molecule has 7 heteroatoms. The van der Waals surface area contributed by atoms with Crippen LogP contribution in [0.4, 0.5) is 5.95 Å². The first-order chi connectivity index (χ1) is 14.1. The second kappa shape index (κ2) is 7.04. The molecular weight excluding hydrogens is 388 g/mol. The van der Waals surface area contributed by atoms with Gasteiger partial charge in [-0.3, -0.25) is 4.79 Å². The van der Waals surface area contributed by atoms with E-state index < -0.39 is 0 Å². The number of anilines is 1. The molecule has 5 rings (SSSR count). The molecule has 0 saturated heterocycles. The highest BCUT2D eigenvalue weighted by Crippen LogP contribution is 2.44. The molecule has 0 unspecified atom stereocenters. The summed E-state index contributed by atoms with van der Waals surface area (Å²) >= 11 is 6.03. The van der Waals surface area contributed by atoms with Crippen LogP contribution in [0, 0.1) is 0 Å². The normalized spacial score (nSPS) is 20.7. The zero-order valence-electron chi connectivity index (χ0n) is 15.8. The number of halogens is 1. The van der Waals surface area contributed by atoms with Crippen molar-refractivity contribution in [1.29, 1.82) is 0 Å². The number of methoxy groups -OCH3 is 1. The lowest BCUT2D eigenvalue weighted by molar-refractivity contribution is -0.116. The number of nitrogens with zero attached hydrogens (tertiary/aromatic N) is 3. The molecule has 3 aromatic rings. The fourth-order valence-corrected chi connectivity index (χ4v) is 4.34. The van der Waals surface area contributed by atoms with Gasteiger partial charge in [-0.2, -0.15) is 10.1 Å². The van der Waals surface area contributed by atoms with Crippen LogP contribution in [0.2, 0.25) is 5.02 Å². The van der Waals surface area contributed by atoms with Crippen molar-refractivity contribution in [2.24, 2.45) is 0 Å². The van der Waals surface area contributed by atoms with Gasteiger partial charge in [0.2, 0.25) is 5.95 Å². The monoisotopic (exact) mass is 406 g/mol. The van der Waals surface area contributed by atoms with E-state index in [9.17, 15) is 4.79 Å². The maximum atomic E-state index is 13.3. The van der Waals surface area contributed by atoms with Gasteiger partial charge >= 0.3 is 0 Å². The van der Waals surface area contributed by atoms with E-state index in [2.05, 4.69) is 15.4 Å². The Kier molecular flexibility index (Phi) is 4.36. The molecule has 146 valence electrons.